The first-order valence-electron chi connectivity index (χ1n) is 9.30. The number of H-pyrrole nitrogens is 1. The van der Waals surface area contributed by atoms with E-state index in [0.29, 0.717) is 24.6 Å². The molecule has 1 saturated heterocycles. The maximum Gasteiger partial charge on any atom is 0.293 e. The van der Waals surface area contributed by atoms with Gasteiger partial charge in [-0.05, 0) is 25.0 Å². The highest BCUT2D eigenvalue weighted by molar-refractivity contribution is 6.05. The topological polar surface area (TPSA) is 127 Å². The number of aromatic amines is 1. The molecule has 0 atom stereocenters. The molecule has 2 amide bonds. The third kappa shape index (κ3) is 3.61. The van der Waals surface area contributed by atoms with E-state index in [1.807, 2.05) is 35.0 Å². The van der Waals surface area contributed by atoms with Gasteiger partial charge in [0.1, 0.15) is 5.69 Å². The molecule has 0 aliphatic carbocycles. The van der Waals surface area contributed by atoms with Crippen molar-refractivity contribution in [2.45, 2.75) is 18.9 Å². The molecule has 29 heavy (non-hydrogen) atoms. The zero-order valence-corrected chi connectivity index (χ0v) is 15.9. The molecule has 1 aromatic carbocycles. The minimum Gasteiger partial charge on any atom is -0.341 e. The molecule has 1 aliphatic rings. The summed E-state index contributed by atoms with van der Waals surface area (Å²) in [5.41, 5.74) is 3.04. The lowest BCUT2D eigenvalue weighted by molar-refractivity contribution is 0.0697. The molecule has 4 rings (SSSR count). The molecule has 0 radical (unpaired) electrons. The van der Waals surface area contributed by atoms with Gasteiger partial charge in [-0.25, -0.2) is 15.4 Å². The molecular formula is C19H21N7O3. The largest absolute Gasteiger partial charge is 0.341 e. The maximum absolute atomic E-state index is 13.0. The van der Waals surface area contributed by atoms with Crippen molar-refractivity contribution in [3.05, 3.63) is 47.9 Å². The highest BCUT2D eigenvalue weighted by Crippen LogP contribution is 2.23. The van der Waals surface area contributed by atoms with Crippen molar-refractivity contribution < 1.29 is 14.8 Å². The predicted octanol–water partition coefficient (Wildman–Crippen LogP) is 1.21. The van der Waals surface area contributed by atoms with E-state index in [0.717, 1.165) is 23.7 Å². The van der Waals surface area contributed by atoms with Gasteiger partial charge in [-0.2, -0.15) is 5.10 Å². The molecule has 3 aromatic rings. The summed E-state index contributed by atoms with van der Waals surface area (Å²) in [6.07, 6.45) is 4.69. The SMILES string of the molecule is CN(c1nccc(C(=O)NO)n1)C1CCN(C(=O)c2cccc3cn[nH]c23)CC1. The van der Waals surface area contributed by atoms with Crippen molar-refractivity contribution in [2.24, 2.45) is 0 Å². The molecule has 0 bridgehead atoms. The van der Waals surface area contributed by atoms with Gasteiger partial charge >= 0.3 is 0 Å². The Morgan fingerprint density at radius 3 is 2.83 bits per heavy atom. The van der Waals surface area contributed by atoms with Crippen LogP contribution in [0.2, 0.25) is 0 Å². The summed E-state index contributed by atoms with van der Waals surface area (Å²) in [6, 6.07) is 7.15. The number of carbonyl (C=O) groups excluding carboxylic acids is 2. The van der Waals surface area contributed by atoms with Crippen molar-refractivity contribution >= 4 is 28.7 Å². The highest BCUT2D eigenvalue weighted by atomic mass is 16.5. The van der Waals surface area contributed by atoms with E-state index in [9.17, 15) is 9.59 Å². The normalized spacial score (nSPS) is 14.8. The third-order valence-corrected chi connectivity index (χ3v) is 5.30. The standard InChI is InChI=1S/C19H21N7O3/c1-25(19-20-8-5-15(22-19)17(27)24-29)13-6-9-26(10-7-13)18(28)14-4-2-3-12-11-21-23-16(12)14/h2-5,8,11,13,29H,6-7,9-10H2,1H3,(H,21,23)(H,24,27). The summed E-state index contributed by atoms with van der Waals surface area (Å²) in [5.74, 6) is -0.299. The highest BCUT2D eigenvalue weighted by Gasteiger charge is 2.28. The van der Waals surface area contributed by atoms with Gasteiger partial charge in [-0.3, -0.25) is 19.9 Å². The number of nitrogens with zero attached hydrogens (tertiary/aromatic N) is 5. The number of benzene rings is 1. The van der Waals surface area contributed by atoms with Crippen LogP contribution in [-0.2, 0) is 0 Å². The Morgan fingerprint density at radius 1 is 1.28 bits per heavy atom. The summed E-state index contributed by atoms with van der Waals surface area (Å²) >= 11 is 0. The Hall–Kier alpha value is -3.53. The Kier molecular flexibility index (Phi) is 5.09. The molecule has 1 aliphatic heterocycles. The van der Waals surface area contributed by atoms with E-state index in [1.165, 1.54) is 12.3 Å². The van der Waals surface area contributed by atoms with Gasteiger partial charge in [0.05, 0.1) is 17.3 Å². The smallest absolute Gasteiger partial charge is 0.293 e. The van der Waals surface area contributed by atoms with Crippen molar-refractivity contribution in [2.75, 3.05) is 25.0 Å². The number of hydrogen-bond donors (Lipinski definition) is 3. The lowest BCUT2D eigenvalue weighted by Crippen LogP contribution is -2.46. The van der Waals surface area contributed by atoms with Crippen LogP contribution >= 0.6 is 0 Å². The quantitative estimate of drug-likeness (QED) is 0.448. The first kappa shape index (κ1) is 18.8. The molecule has 3 N–H and O–H groups in total. The van der Waals surface area contributed by atoms with Gasteiger partial charge in [0, 0.05) is 37.8 Å². The van der Waals surface area contributed by atoms with Crippen LogP contribution in [0.3, 0.4) is 0 Å². The first-order valence-corrected chi connectivity index (χ1v) is 9.30. The number of para-hydroxylation sites is 1. The van der Waals surface area contributed by atoms with E-state index >= 15 is 0 Å². The van der Waals surface area contributed by atoms with Gasteiger partial charge < -0.3 is 9.80 Å². The lowest BCUT2D eigenvalue weighted by Gasteiger charge is -2.36. The molecule has 1 fully saturated rings. The second-order valence-electron chi connectivity index (χ2n) is 6.96. The second-order valence-corrected chi connectivity index (χ2v) is 6.96. The number of amides is 2. The number of likely N-dealkylation sites (tertiary alicyclic amines) is 1. The Bertz CT molecular complexity index is 1040. The third-order valence-electron chi connectivity index (χ3n) is 5.30. The minimum atomic E-state index is -0.685. The first-order chi connectivity index (χ1) is 14.1. The lowest BCUT2D eigenvalue weighted by atomic mass is 10.0. The molecule has 2 aromatic heterocycles. The number of rotatable bonds is 4. The van der Waals surface area contributed by atoms with Crippen LogP contribution in [0.4, 0.5) is 5.95 Å². The van der Waals surface area contributed by atoms with Crippen molar-refractivity contribution in [1.29, 1.82) is 0 Å². The van der Waals surface area contributed by atoms with Gasteiger partial charge in [0.25, 0.3) is 11.8 Å². The van der Waals surface area contributed by atoms with E-state index in [4.69, 9.17) is 5.21 Å². The zero-order chi connectivity index (χ0) is 20.4. The molecule has 0 saturated carbocycles. The molecular weight excluding hydrogens is 374 g/mol. The summed E-state index contributed by atoms with van der Waals surface area (Å²) < 4.78 is 0. The van der Waals surface area contributed by atoms with Gasteiger partial charge in [0.2, 0.25) is 5.95 Å². The number of anilines is 1. The van der Waals surface area contributed by atoms with Crippen LogP contribution in [-0.4, -0.2) is 68.3 Å². The molecule has 10 heteroatoms. The molecule has 150 valence electrons. The summed E-state index contributed by atoms with van der Waals surface area (Å²) in [7, 11) is 1.86. The Labute approximate surface area is 166 Å². The van der Waals surface area contributed by atoms with Crippen LogP contribution < -0.4 is 10.4 Å². The minimum absolute atomic E-state index is 0.0150. The number of carbonyl (C=O) groups is 2. The van der Waals surface area contributed by atoms with Crippen molar-refractivity contribution in [3.8, 4) is 0 Å². The van der Waals surface area contributed by atoms with Crippen molar-refractivity contribution in [1.82, 2.24) is 30.5 Å². The number of hydrogen-bond acceptors (Lipinski definition) is 7. The van der Waals surface area contributed by atoms with Crippen molar-refractivity contribution in [3.63, 3.8) is 0 Å². The van der Waals surface area contributed by atoms with Crippen LogP contribution in [0.15, 0.2) is 36.7 Å². The zero-order valence-electron chi connectivity index (χ0n) is 15.9. The fraction of sp³-hybridized carbons (Fsp3) is 0.316. The summed E-state index contributed by atoms with van der Waals surface area (Å²) in [5, 5.41) is 16.6. The summed E-state index contributed by atoms with van der Waals surface area (Å²) in [6.45, 7) is 1.21. The monoisotopic (exact) mass is 395 g/mol. The molecule has 3 heterocycles. The predicted molar refractivity (Wildman–Crippen MR) is 105 cm³/mol. The Morgan fingerprint density at radius 2 is 2.07 bits per heavy atom. The average molecular weight is 395 g/mol. The molecule has 0 unspecified atom stereocenters. The number of nitrogens with one attached hydrogen (secondary N) is 2. The van der Waals surface area contributed by atoms with Crippen LogP contribution in [0.5, 0.6) is 0 Å². The fourth-order valence-corrected chi connectivity index (χ4v) is 3.64. The van der Waals surface area contributed by atoms with Gasteiger partial charge in [0.15, 0.2) is 0 Å². The fourth-order valence-electron chi connectivity index (χ4n) is 3.64. The van der Waals surface area contributed by atoms with E-state index < -0.39 is 5.91 Å². The number of fused-ring (bicyclic) bond motifs is 1. The molecule has 0 spiro atoms. The van der Waals surface area contributed by atoms with Crippen LogP contribution in [0, 0.1) is 0 Å². The van der Waals surface area contributed by atoms with E-state index in [-0.39, 0.29) is 17.6 Å². The number of hydroxylamine groups is 1. The average Bonchev–Trinajstić information content (AvgIpc) is 3.27. The number of piperidine rings is 1. The van der Waals surface area contributed by atoms with Gasteiger partial charge in [-0.1, -0.05) is 12.1 Å². The van der Waals surface area contributed by atoms with Crippen LogP contribution in [0.1, 0.15) is 33.7 Å². The van der Waals surface area contributed by atoms with E-state index in [2.05, 4.69) is 20.2 Å². The van der Waals surface area contributed by atoms with Gasteiger partial charge in [-0.15, -0.1) is 0 Å². The molecule has 10 nitrogen and oxygen atoms in total. The van der Waals surface area contributed by atoms with E-state index in [1.54, 1.807) is 11.7 Å². The second kappa shape index (κ2) is 7.84. The Balaban J connectivity index is 1.43. The van der Waals surface area contributed by atoms with Crippen LogP contribution in [0.25, 0.3) is 10.9 Å². The number of aromatic nitrogens is 4. The summed E-state index contributed by atoms with van der Waals surface area (Å²) in [4.78, 5) is 36.7. The maximum atomic E-state index is 13.0.